The van der Waals surface area contributed by atoms with E-state index in [1.807, 2.05) is 6.07 Å². The Morgan fingerprint density at radius 2 is 2.12 bits per heavy atom. The van der Waals surface area contributed by atoms with Gasteiger partial charge in [-0.1, -0.05) is 0 Å². The molecule has 1 aromatic heterocycles. The van der Waals surface area contributed by atoms with Crippen LogP contribution >= 0.6 is 0 Å². The van der Waals surface area contributed by atoms with Gasteiger partial charge < -0.3 is 9.69 Å². The van der Waals surface area contributed by atoms with Gasteiger partial charge in [0, 0.05) is 19.0 Å². The molecule has 16 heavy (non-hydrogen) atoms. The van der Waals surface area contributed by atoms with Crippen LogP contribution < -0.4 is 4.90 Å². The molecule has 0 aliphatic carbocycles. The average molecular weight is 216 g/mol. The molecule has 1 fully saturated rings. The van der Waals surface area contributed by atoms with Crippen LogP contribution in [0.15, 0.2) is 12.1 Å². The van der Waals surface area contributed by atoms with Crippen LogP contribution in [0.5, 0.6) is 0 Å². The fourth-order valence-corrected chi connectivity index (χ4v) is 1.82. The molecular weight excluding hydrogens is 204 g/mol. The zero-order chi connectivity index (χ0) is 11.4. The third-order valence-corrected chi connectivity index (χ3v) is 2.82. The number of piperidine rings is 1. The second-order valence-electron chi connectivity index (χ2n) is 3.85. The van der Waals surface area contributed by atoms with E-state index in [4.69, 9.17) is 5.26 Å². The fraction of sp³-hybridized carbons (Fsp3) is 0.455. The van der Waals surface area contributed by atoms with Gasteiger partial charge in [-0.2, -0.15) is 5.26 Å². The Morgan fingerprint density at radius 3 is 2.62 bits per heavy atom. The topological polar surface area (TPSA) is 69.9 Å². The summed E-state index contributed by atoms with van der Waals surface area (Å²) in [5, 5.41) is 16.4. The number of rotatable bonds is 2. The Morgan fingerprint density at radius 1 is 1.38 bits per heavy atom. The molecule has 0 radical (unpaired) electrons. The van der Waals surface area contributed by atoms with E-state index >= 15 is 0 Å². The highest BCUT2D eigenvalue weighted by molar-refractivity contribution is 5.54. The summed E-state index contributed by atoms with van der Waals surface area (Å²) in [6, 6.07) is 5.39. The van der Waals surface area contributed by atoms with Crippen LogP contribution in [0.2, 0.25) is 0 Å². The van der Waals surface area contributed by atoms with Gasteiger partial charge in [0.1, 0.15) is 12.4 Å². The highest BCUT2D eigenvalue weighted by Crippen LogP contribution is 2.19. The van der Waals surface area contributed by atoms with Crippen molar-refractivity contribution in [3.05, 3.63) is 17.8 Å². The van der Waals surface area contributed by atoms with Crippen LogP contribution in [0.4, 0.5) is 5.82 Å². The normalized spacial score (nSPS) is 16.8. The molecule has 0 atom stereocenters. The Labute approximate surface area is 93.7 Å². The second-order valence-corrected chi connectivity index (χ2v) is 3.85. The molecule has 0 saturated carbocycles. The molecule has 1 aliphatic rings. The first-order chi connectivity index (χ1) is 7.83. The molecule has 5 heteroatoms. The smallest absolute Gasteiger partial charge is 0.163 e. The summed E-state index contributed by atoms with van der Waals surface area (Å²) in [6.07, 6.45) is 2.76. The molecule has 0 spiro atoms. The molecule has 2 rings (SSSR count). The Hall–Kier alpha value is -1.96. The number of hydrogen-bond acceptors (Lipinski definition) is 5. The average Bonchev–Trinajstić information content (AvgIpc) is 2.39. The zero-order valence-electron chi connectivity index (χ0n) is 8.83. The first kappa shape index (κ1) is 10.6. The first-order valence-corrected chi connectivity index (χ1v) is 5.27. The van der Waals surface area contributed by atoms with Crippen molar-refractivity contribution < 1.29 is 4.79 Å². The van der Waals surface area contributed by atoms with E-state index in [0.717, 1.165) is 38.0 Å². The van der Waals surface area contributed by atoms with Crippen molar-refractivity contribution >= 4 is 12.1 Å². The molecule has 82 valence electrons. The van der Waals surface area contributed by atoms with Gasteiger partial charge in [-0.25, -0.2) is 0 Å². The third-order valence-electron chi connectivity index (χ3n) is 2.82. The highest BCUT2D eigenvalue weighted by Gasteiger charge is 2.19. The maximum absolute atomic E-state index is 10.6. The first-order valence-electron chi connectivity index (χ1n) is 5.27. The van der Waals surface area contributed by atoms with E-state index in [2.05, 4.69) is 15.1 Å². The van der Waals surface area contributed by atoms with Crippen molar-refractivity contribution in [2.24, 2.45) is 5.92 Å². The van der Waals surface area contributed by atoms with Gasteiger partial charge in [0.05, 0.1) is 0 Å². The van der Waals surface area contributed by atoms with Crippen molar-refractivity contribution in [3.63, 3.8) is 0 Å². The molecule has 0 aromatic carbocycles. The van der Waals surface area contributed by atoms with Gasteiger partial charge in [-0.05, 0) is 25.0 Å². The monoisotopic (exact) mass is 216 g/mol. The van der Waals surface area contributed by atoms with Crippen LogP contribution in [0.1, 0.15) is 18.5 Å². The standard InChI is InChI=1S/C11H12N4O/c12-7-10-1-2-11(14-13-10)15-5-3-9(8-16)4-6-15/h1-2,8-9H,3-6H2. The Balaban J connectivity index is 2.03. The number of carbonyl (C=O) groups is 1. The summed E-state index contributed by atoms with van der Waals surface area (Å²) in [7, 11) is 0. The second kappa shape index (κ2) is 4.71. The molecule has 0 bridgehead atoms. The number of aromatic nitrogens is 2. The molecule has 0 amide bonds. The third kappa shape index (κ3) is 2.16. The van der Waals surface area contributed by atoms with Gasteiger partial charge in [0.15, 0.2) is 11.5 Å². The summed E-state index contributed by atoms with van der Waals surface area (Å²) in [4.78, 5) is 12.7. The molecule has 2 heterocycles. The van der Waals surface area contributed by atoms with Gasteiger partial charge in [-0.3, -0.25) is 0 Å². The van der Waals surface area contributed by atoms with Crippen LogP contribution in [0.25, 0.3) is 0 Å². The summed E-state index contributed by atoms with van der Waals surface area (Å²) < 4.78 is 0. The van der Waals surface area contributed by atoms with E-state index in [1.165, 1.54) is 0 Å². The lowest BCUT2D eigenvalue weighted by Gasteiger charge is -2.30. The number of nitrogens with zero attached hydrogens (tertiary/aromatic N) is 4. The SMILES string of the molecule is N#Cc1ccc(N2CCC(C=O)CC2)nn1. The van der Waals surface area contributed by atoms with Gasteiger partial charge in [-0.15, -0.1) is 10.2 Å². The number of nitriles is 1. The van der Waals surface area contributed by atoms with Crippen molar-refractivity contribution in [1.82, 2.24) is 10.2 Å². The Bertz CT molecular complexity index is 401. The number of hydrogen-bond donors (Lipinski definition) is 0. The number of carbonyl (C=O) groups excluding carboxylic acids is 1. The maximum atomic E-state index is 10.6. The van der Waals surface area contributed by atoms with Gasteiger partial charge in [0.2, 0.25) is 0 Å². The quantitative estimate of drug-likeness (QED) is 0.683. The summed E-state index contributed by atoms with van der Waals surface area (Å²) >= 11 is 0. The minimum Gasteiger partial charge on any atom is -0.355 e. The van der Waals surface area contributed by atoms with Crippen molar-refractivity contribution in [2.45, 2.75) is 12.8 Å². The summed E-state index contributed by atoms with van der Waals surface area (Å²) in [5.41, 5.74) is 0.325. The van der Waals surface area contributed by atoms with Crippen LogP contribution in [0.3, 0.4) is 0 Å². The summed E-state index contributed by atoms with van der Waals surface area (Å²) in [5.74, 6) is 0.964. The largest absolute Gasteiger partial charge is 0.355 e. The number of aldehydes is 1. The highest BCUT2D eigenvalue weighted by atomic mass is 16.1. The lowest BCUT2D eigenvalue weighted by atomic mass is 9.99. The molecule has 0 N–H and O–H groups in total. The predicted molar refractivity (Wildman–Crippen MR) is 57.7 cm³/mol. The van der Waals surface area contributed by atoms with E-state index in [0.29, 0.717) is 5.69 Å². The zero-order valence-corrected chi connectivity index (χ0v) is 8.83. The van der Waals surface area contributed by atoms with Crippen LogP contribution in [-0.2, 0) is 4.79 Å². The van der Waals surface area contributed by atoms with Crippen molar-refractivity contribution in [2.75, 3.05) is 18.0 Å². The van der Waals surface area contributed by atoms with Crippen molar-refractivity contribution in [3.8, 4) is 6.07 Å². The molecule has 0 unspecified atom stereocenters. The van der Waals surface area contributed by atoms with Crippen molar-refractivity contribution in [1.29, 1.82) is 5.26 Å². The van der Waals surface area contributed by atoms with E-state index in [1.54, 1.807) is 12.1 Å². The minimum atomic E-state index is 0.183. The maximum Gasteiger partial charge on any atom is 0.163 e. The molecular formula is C11H12N4O. The number of anilines is 1. The van der Waals surface area contributed by atoms with E-state index < -0.39 is 0 Å². The fourth-order valence-electron chi connectivity index (χ4n) is 1.82. The van der Waals surface area contributed by atoms with Gasteiger partial charge >= 0.3 is 0 Å². The van der Waals surface area contributed by atoms with Gasteiger partial charge in [0.25, 0.3) is 0 Å². The summed E-state index contributed by atoms with van der Waals surface area (Å²) in [6.45, 7) is 1.65. The minimum absolute atomic E-state index is 0.183. The molecule has 5 nitrogen and oxygen atoms in total. The van der Waals surface area contributed by atoms with E-state index in [9.17, 15) is 4.79 Å². The lowest BCUT2D eigenvalue weighted by Crippen LogP contribution is -2.34. The Kier molecular flexibility index (Phi) is 3.10. The molecule has 1 aliphatic heterocycles. The van der Waals surface area contributed by atoms with Crippen LogP contribution in [0, 0.1) is 17.2 Å². The molecule has 1 aromatic rings. The van der Waals surface area contributed by atoms with Crippen LogP contribution in [-0.4, -0.2) is 29.6 Å². The lowest BCUT2D eigenvalue weighted by molar-refractivity contribution is -0.111. The predicted octanol–water partition coefficient (Wildman–Crippen LogP) is 0.764. The van der Waals surface area contributed by atoms with E-state index in [-0.39, 0.29) is 5.92 Å². The molecule has 1 saturated heterocycles.